The van der Waals surface area contributed by atoms with Crippen LogP contribution in [0.5, 0.6) is 0 Å². The predicted molar refractivity (Wildman–Crippen MR) is 221 cm³/mol. The molecule has 0 fully saturated rings. The third-order valence-electron chi connectivity index (χ3n) is 10.8. The second-order valence-electron chi connectivity index (χ2n) is 13.5. The second kappa shape index (κ2) is 11.1. The molecule has 1 heteroatoms. The molecule has 1 aliphatic carbocycles. The smallest absolute Gasteiger partial charge is 0.0434 e. The Morgan fingerprint density at radius 2 is 0.647 bits per heavy atom. The molecule has 0 unspecified atom stereocenters. The van der Waals surface area contributed by atoms with E-state index >= 15 is 0 Å². The topological polar surface area (TPSA) is 0 Å². The van der Waals surface area contributed by atoms with Crippen LogP contribution in [-0.2, 0) is 0 Å². The molecule has 1 aromatic heterocycles. The maximum atomic E-state index is 2.41. The summed E-state index contributed by atoms with van der Waals surface area (Å²) in [6.07, 6.45) is 0. The Morgan fingerprint density at radius 3 is 1.24 bits per heavy atom. The monoisotopic (exact) mass is 662 g/mol. The van der Waals surface area contributed by atoms with Gasteiger partial charge in [-0.3, -0.25) is 0 Å². The SMILES string of the molecule is c1ccc(-c2c3c(c(-c4ccccc4)c4ccccc24)-c2ccc(-c4cccc5c4sc4c(-c6ccccc6)cccc45)c4cccc-3c24)cc1. The van der Waals surface area contributed by atoms with Crippen molar-refractivity contribution in [3.05, 3.63) is 182 Å². The van der Waals surface area contributed by atoms with Crippen LogP contribution in [0.25, 0.3) is 108 Å². The van der Waals surface area contributed by atoms with E-state index in [0.717, 1.165) is 0 Å². The highest BCUT2D eigenvalue weighted by Crippen LogP contribution is 2.59. The zero-order valence-electron chi connectivity index (χ0n) is 27.7. The first-order valence-corrected chi connectivity index (χ1v) is 18.4. The van der Waals surface area contributed by atoms with Gasteiger partial charge in [-0.25, -0.2) is 0 Å². The van der Waals surface area contributed by atoms with Crippen molar-refractivity contribution in [1.82, 2.24) is 0 Å². The minimum Gasteiger partial charge on any atom is -0.134 e. The first-order chi connectivity index (χ1) is 25.3. The molecule has 236 valence electrons. The molecular weight excluding hydrogens is 633 g/mol. The van der Waals surface area contributed by atoms with Crippen LogP contribution in [0.4, 0.5) is 0 Å². The van der Waals surface area contributed by atoms with Crippen molar-refractivity contribution in [2.24, 2.45) is 0 Å². The molecule has 0 atom stereocenters. The summed E-state index contributed by atoms with van der Waals surface area (Å²) < 4.78 is 2.68. The van der Waals surface area contributed by atoms with Gasteiger partial charge in [0.05, 0.1) is 0 Å². The molecule has 0 spiro atoms. The van der Waals surface area contributed by atoms with Gasteiger partial charge in [-0.1, -0.05) is 182 Å². The van der Waals surface area contributed by atoms with Crippen molar-refractivity contribution in [3.63, 3.8) is 0 Å². The first kappa shape index (κ1) is 28.5. The van der Waals surface area contributed by atoms with Crippen molar-refractivity contribution in [2.75, 3.05) is 0 Å². The van der Waals surface area contributed by atoms with Crippen molar-refractivity contribution >= 4 is 53.1 Å². The van der Waals surface area contributed by atoms with Gasteiger partial charge in [0.25, 0.3) is 0 Å². The largest absolute Gasteiger partial charge is 0.134 e. The van der Waals surface area contributed by atoms with Gasteiger partial charge in [-0.15, -0.1) is 11.3 Å². The lowest BCUT2D eigenvalue weighted by Crippen LogP contribution is -1.93. The number of rotatable bonds is 4. The van der Waals surface area contributed by atoms with Crippen LogP contribution < -0.4 is 0 Å². The van der Waals surface area contributed by atoms with Crippen LogP contribution in [0.3, 0.4) is 0 Å². The molecule has 51 heavy (non-hydrogen) atoms. The first-order valence-electron chi connectivity index (χ1n) is 17.6. The molecule has 0 nitrogen and oxygen atoms in total. The van der Waals surface area contributed by atoms with Gasteiger partial charge >= 0.3 is 0 Å². The molecule has 0 saturated carbocycles. The zero-order chi connectivity index (χ0) is 33.5. The zero-order valence-corrected chi connectivity index (χ0v) is 28.5. The minimum atomic E-state index is 1.25. The van der Waals surface area contributed by atoms with E-state index < -0.39 is 0 Å². The lowest BCUT2D eigenvalue weighted by molar-refractivity contribution is 1.62. The Labute approximate surface area is 300 Å². The van der Waals surface area contributed by atoms with E-state index in [9.17, 15) is 0 Å². The van der Waals surface area contributed by atoms with Gasteiger partial charge < -0.3 is 0 Å². The van der Waals surface area contributed by atoms with Gasteiger partial charge in [0.2, 0.25) is 0 Å². The summed E-state index contributed by atoms with van der Waals surface area (Å²) in [7, 11) is 0. The molecule has 1 heterocycles. The van der Waals surface area contributed by atoms with Crippen molar-refractivity contribution in [2.45, 2.75) is 0 Å². The minimum absolute atomic E-state index is 1.25. The highest BCUT2D eigenvalue weighted by molar-refractivity contribution is 7.26. The average Bonchev–Trinajstić information content (AvgIpc) is 3.75. The van der Waals surface area contributed by atoms with E-state index in [1.165, 1.54) is 108 Å². The van der Waals surface area contributed by atoms with Gasteiger partial charge in [-0.05, 0) is 82.7 Å². The van der Waals surface area contributed by atoms with Crippen LogP contribution in [0, 0.1) is 0 Å². The van der Waals surface area contributed by atoms with Gasteiger partial charge in [-0.2, -0.15) is 0 Å². The summed E-state index contributed by atoms with van der Waals surface area (Å²) in [4.78, 5) is 0. The van der Waals surface area contributed by atoms with Crippen LogP contribution in [-0.4, -0.2) is 0 Å². The summed E-state index contributed by atoms with van der Waals surface area (Å²) in [6, 6.07) is 67.1. The summed E-state index contributed by atoms with van der Waals surface area (Å²) in [6.45, 7) is 0. The number of hydrogen-bond acceptors (Lipinski definition) is 1. The maximum absolute atomic E-state index is 2.41. The fraction of sp³-hybridized carbons (Fsp3) is 0. The van der Waals surface area contributed by atoms with Crippen LogP contribution in [0.15, 0.2) is 182 Å². The van der Waals surface area contributed by atoms with Crippen LogP contribution >= 0.6 is 11.3 Å². The van der Waals surface area contributed by atoms with Crippen LogP contribution in [0.1, 0.15) is 0 Å². The standard InChI is InChI=1S/C50H30S/c1-4-15-31(16-5-1)34-23-12-26-40-41-27-14-25-39(50(41)51-49(34)40)35-29-30-43-46-36(35)24-13-28-42(46)47-44(32-17-6-2-7-18-32)37-21-10-11-22-38(37)45(48(43)47)33-19-8-3-9-20-33/h1-30H. The number of hydrogen-bond donors (Lipinski definition) is 0. The van der Waals surface area contributed by atoms with E-state index in [2.05, 4.69) is 182 Å². The van der Waals surface area contributed by atoms with Crippen molar-refractivity contribution in [1.29, 1.82) is 0 Å². The normalized spacial score (nSPS) is 11.9. The predicted octanol–water partition coefficient (Wildman–Crippen LogP) is 14.7. The number of benzene rings is 9. The lowest BCUT2D eigenvalue weighted by atomic mass is 9.82. The third-order valence-corrected chi connectivity index (χ3v) is 12.1. The quantitative estimate of drug-likeness (QED) is 0.176. The van der Waals surface area contributed by atoms with E-state index in [1.54, 1.807) is 0 Å². The van der Waals surface area contributed by atoms with Crippen molar-refractivity contribution < 1.29 is 0 Å². The molecule has 9 aromatic carbocycles. The Bertz CT molecular complexity index is 2900. The maximum Gasteiger partial charge on any atom is 0.0434 e. The molecule has 0 bridgehead atoms. The molecular formula is C50H30S. The Hall–Kier alpha value is -6.28. The van der Waals surface area contributed by atoms with E-state index in [-0.39, 0.29) is 0 Å². The summed E-state index contributed by atoms with van der Waals surface area (Å²) in [5.41, 5.74) is 15.6. The second-order valence-corrected chi connectivity index (χ2v) is 14.5. The van der Waals surface area contributed by atoms with E-state index in [0.29, 0.717) is 0 Å². The number of thiophene rings is 1. The lowest BCUT2D eigenvalue weighted by Gasteiger charge is -2.20. The molecule has 11 rings (SSSR count). The fourth-order valence-corrected chi connectivity index (χ4v) is 10.1. The molecule has 0 amide bonds. The van der Waals surface area contributed by atoms with E-state index in [1.807, 2.05) is 11.3 Å². The molecule has 0 saturated heterocycles. The van der Waals surface area contributed by atoms with Gasteiger partial charge in [0, 0.05) is 25.7 Å². The molecule has 10 aromatic rings. The molecule has 0 aliphatic heterocycles. The Kier molecular flexibility index (Phi) is 6.22. The average molecular weight is 663 g/mol. The highest BCUT2D eigenvalue weighted by Gasteiger charge is 2.31. The fourth-order valence-electron chi connectivity index (χ4n) is 8.72. The van der Waals surface area contributed by atoms with Gasteiger partial charge in [0.1, 0.15) is 0 Å². The molecule has 0 N–H and O–H groups in total. The summed E-state index contributed by atoms with van der Waals surface area (Å²) >= 11 is 1.93. The van der Waals surface area contributed by atoms with Crippen LogP contribution in [0.2, 0.25) is 0 Å². The summed E-state index contributed by atoms with van der Waals surface area (Å²) in [5.74, 6) is 0. The third kappa shape index (κ3) is 4.13. The van der Waals surface area contributed by atoms with Gasteiger partial charge in [0.15, 0.2) is 0 Å². The molecule has 1 aliphatic rings. The highest BCUT2D eigenvalue weighted by atomic mass is 32.1. The Morgan fingerprint density at radius 1 is 0.235 bits per heavy atom. The van der Waals surface area contributed by atoms with E-state index in [4.69, 9.17) is 0 Å². The number of fused-ring (bicyclic) bond motifs is 7. The molecule has 0 radical (unpaired) electrons. The summed E-state index contributed by atoms with van der Waals surface area (Å²) in [5, 5.41) is 7.87. The van der Waals surface area contributed by atoms with Crippen molar-refractivity contribution in [3.8, 4) is 66.8 Å². The Balaban J connectivity index is 1.23.